The van der Waals surface area contributed by atoms with Crippen molar-refractivity contribution in [2.75, 3.05) is 6.61 Å². The first-order chi connectivity index (χ1) is 7.24. The van der Waals surface area contributed by atoms with Crippen LogP contribution in [0.2, 0.25) is 0 Å². The molecule has 0 bridgehead atoms. The van der Waals surface area contributed by atoms with E-state index < -0.39 is 11.9 Å². The largest absolute Gasteiger partial charge is 0.396 e. The average molecular weight is 208 g/mol. The van der Waals surface area contributed by atoms with E-state index >= 15 is 0 Å². The molecule has 4 N–H and O–H groups in total. The van der Waals surface area contributed by atoms with Crippen LogP contribution in [-0.2, 0) is 11.3 Å². The molecule has 0 radical (unpaired) electrons. The molecular formula is C11H16N2O2. The van der Waals surface area contributed by atoms with Gasteiger partial charge in [0.15, 0.2) is 0 Å². The first-order valence-electron chi connectivity index (χ1n) is 4.91. The third-order valence-electron chi connectivity index (χ3n) is 2.16. The molecule has 82 valence electrons. The van der Waals surface area contributed by atoms with Crippen LogP contribution >= 0.6 is 0 Å². The van der Waals surface area contributed by atoms with Gasteiger partial charge in [0.2, 0.25) is 5.91 Å². The molecule has 0 fully saturated rings. The fourth-order valence-corrected chi connectivity index (χ4v) is 1.31. The lowest BCUT2D eigenvalue weighted by Gasteiger charge is -2.13. The van der Waals surface area contributed by atoms with E-state index in [0.29, 0.717) is 13.0 Å². The molecule has 1 aromatic rings. The molecule has 1 rings (SSSR count). The number of hydrogen-bond donors (Lipinski definition) is 3. The zero-order valence-electron chi connectivity index (χ0n) is 8.52. The normalized spacial score (nSPS) is 12.3. The van der Waals surface area contributed by atoms with Crippen molar-refractivity contribution < 1.29 is 9.90 Å². The third-order valence-corrected chi connectivity index (χ3v) is 2.16. The average Bonchev–Trinajstić information content (AvgIpc) is 2.25. The Morgan fingerprint density at radius 1 is 1.40 bits per heavy atom. The second-order valence-corrected chi connectivity index (χ2v) is 3.33. The number of amides is 1. The van der Waals surface area contributed by atoms with Crippen molar-refractivity contribution in [1.29, 1.82) is 0 Å². The summed E-state index contributed by atoms with van der Waals surface area (Å²) in [6.07, 6.45) is 0.349. The molecule has 0 saturated heterocycles. The minimum atomic E-state index is -0.463. The minimum Gasteiger partial charge on any atom is -0.396 e. The second kappa shape index (κ2) is 6.16. The molecule has 0 saturated carbocycles. The van der Waals surface area contributed by atoms with Crippen LogP contribution in [-0.4, -0.2) is 23.7 Å². The zero-order valence-corrected chi connectivity index (χ0v) is 8.52. The maximum absolute atomic E-state index is 11.0. The highest BCUT2D eigenvalue weighted by molar-refractivity contribution is 5.79. The molecule has 15 heavy (non-hydrogen) atoms. The summed E-state index contributed by atoms with van der Waals surface area (Å²) < 4.78 is 0. The van der Waals surface area contributed by atoms with Crippen LogP contribution in [0.25, 0.3) is 0 Å². The summed E-state index contributed by atoms with van der Waals surface area (Å²) in [5, 5.41) is 11.7. The number of benzene rings is 1. The van der Waals surface area contributed by atoms with Crippen molar-refractivity contribution in [2.24, 2.45) is 5.73 Å². The Morgan fingerprint density at radius 2 is 2.07 bits per heavy atom. The van der Waals surface area contributed by atoms with Gasteiger partial charge < -0.3 is 16.2 Å². The van der Waals surface area contributed by atoms with E-state index in [-0.39, 0.29) is 6.61 Å². The molecule has 0 heterocycles. The van der Waals surface area contributed by atoms with E-state index in [0.717, 1.165) is 5.56 Å². The van der Waals surface area contributed by atoms with Gasteiger partial charge >= 0.3 is 0 Å². The van der Waals surface area contributed by atoms with Crippen molar-refractivity contribution in [3.8, 4) is 0 Å². The molecular weight excluding hydrogens is 192 g/mol. The van der Waals surface area contributed by atoms with Crippen molar-refractivity contribution in [3.05, 3.63) is 35.9 Å². The topological polar surface area (TPSA) is 75.4 Å². The third kappa shape index (κ3) is 4.10. The smallest absolute Gasteiger partial charge is 0.234 e. The monoisotopic (exact) mass is 208 g/mol. The van der Waals surface area contributed by atoms with Gasteiger partial charge in [0.25, 0.3) is 0 Å². The standard InChI is InChI=1S/C11H16N2O2/c12-11(15)10(6-7-14)13-8-9-4-2-1-3-5-9/h1-5,10,13-14H,6-8H2,(H2,12,15). The Labute approximate surface area is 89.1 Å². The van der Waals surface area contributed by atoms with Crippen molar-refractivity contribution >= 4 is 5.91 Å². The van der Waals surface area contributed by atoms with Gasteiger partial charge in [-0.25, -0.2) is 0 Å². The number of rotatable bonds is 6. The SMILES string of the molecule is NC(=O)C(CCO)NCc1ccccc1. The molecule has 0 aliphatic carbocycles. The number of aliphatic hydroxyl groups excluding tert-OH is 1. The summed E-state index contributed by atoms with van der Waals surface area (Å²) in [7, 11) is 0. The van der Waals surface area contributed by atoms with E-state index in [4.69, 9.17) is 10.8 Å². The number of aliphatic hydroxyl groups is 1. The maximum Gasteiger partial charge on any atom is 0.234 e. The summed E-state index contributed by atoms with van der Waals surface area (Å²) in [6.45, 7) is 0.532. The number of carbonyl (C=O) groups is 1. The first-order valence-corrected chi connectivity index (χ1v) is 4.91. The predicted octanol–water partition coefficient (Wildman–Crippen LogP) is 0.0125. The van der Waals surface area contributed by atoms with Crippen LogP contribution in [0, 0.1) is 0 Å². The van der Waals surface area contributed by atoms with Crippen LogP contribution in [0.15, 0.2) is 30.3 Å². The summed E-state index contributed by atoms with van der Waals surface area (Å²) in [5.41, 5.74) is 6.26. The highest BCUT2D eigenvalue weighted by atomic mass is 16.3. The summed E-state index contributed by atoms with van der Waals surface area (Å²) in [5.74, 6) is -0.431. The van der Waals surface area contributed by atoms with Gasteiger partial charge in [-0.3, -0.25) is 4.79 Å². The summed E-state index contributed by atoms with van der Waals surface area (Å²) >= 11 is 0. The number of carbonyl (C=O) groups excluding carboxylic acids is 1. The van der Waals surface area contributed by atoms with Crippen LogP contribution in [0.5, 0.6) is 0 Å². The highest BCUT2D eigenvalue weighted by Gasteiger charge is 2.13. The van der Waals surface area contributed by atoms with Gasteiger partial charge in [0.1, 0.15) is 0 Å². The molecule has 4 nitrogen and oxygen atoms in total. The number of primary amides is 1. The fourth-order valence-electron chi connectivity index (χ4n) is 1.31. The summed E-state index contributed by atoms with van der Waals surface area (Å²) in [4.78, 5) is 11.0. The van der Waals surface area contributed by atoms with E-state index in [9.17, 15) is 4.79 Å². The molecule has 1 amide bonds. The Kier molecular flexibility index (Phi) is 4.80. The molecule has 1 aromatic carbocycles. The number of nitrogens with one attached hydrogen (secondary N) is 1. The fraction of sp³-hybridized carbons (Fsp3) is 0.364. The molecule has 1 atom stereocenters. The molecule has 0 aliphatic rings. The van der Waals surface area contributed by atoms with Crippen molar-refractivity contribution in [3.63, 3.8) is 0 Å². The number of nitrogens with two attached hydrogens (primary N) is 1. The quantitative estimate of drug-likeness (QED) is 0.616. The van der Waals surface area contributed by atoms with Crippen LogP contribution in [0.4, 0.5) is 0 Å². The molecule has 1 unspecified atom stereocenters. The molecule has 0 aliphatic heterocycles. The van der Waals surface area contributed by atoms with E-state index in [2.05, 4.69) is 5.32 Å². The Bertz CT molecular complexity index is 301. The van der Waals surface area contributed by atoms with Crippen molar-refractivity contribution in [2.45, 2.75) is 19.0 Å². The molecule has 0 aromatic heterocycles. The lowest BCUT2D eigenvalue weighted by molar-refractivity contribution is -0.120. The summed E-state index contributed by atoms with van der Waals surface area (Å²) in [6, 6.07) is 9.26. The van der Waals surface area contributed by atoms with E-state index in [1.807, 2.05) is 30.3 Å². The van der Waals surface area contributed by atoms with E-state index in [1.165, 1.54) is 0 Å². The first kappa shape index (κ1) is 11.7. The van der Waals surface area contributed by atoms with Gasteiger partial charge in [-0.1, -0.05) is 30.3 Å². The number of hydrogen-bond acceptors (Lipinski definition) is 3. The Hall–Kier alpha value is -1.39. The second-order valence-electron chi connectivity index (χ2n) is 3.33. The van der Waals surface area contributed by atoms with Gasteiger partial charge in [-0.15, -0.1) is 0 Å². The lowest BCUT2D eigenvalue weighted by atomic mass is 10.1. The highest BCUT2D eigenvalue weighted by Crippen LogP contribution is 1.99. The van der Waals surface area contributed by atoms with Gasteiger partial charge in [-0.2, -0.15) is 0 Å². The van der Waals surface area contributed by atoms with Crippen LogP contribution in [0.1, 0.15) is 12.0 Å². The predicted molar refractivity (Wildman–Crippen MR) is 58.0 cm³/mol. The van der Waals surface area contributed by atoms with Gasteiger partial charge in [-0.05, 0) is 12.0 Å². The van der Waals surface area contributed by atoms with Gasteiger partial charge in [0, 0.05) is 13.2 Å². The lowest BCUT2D eigenvalue weighted by Crippen LogP contribution is -2.41. The Balaban J connectivity index is 2.43. The zero-order chi connectivity index (χ0) is 11.1. The minimum absolute atomic E-state index is 0.0462. The molecule has 4 heteroatoms. The molecule has 0 spiro atoms. The van der Waals surface area contributed by atoms with E-state index in [1.54, 1.807) is 0 Å². The van der Waals surface area contributed by atoms with Gasteiger partial charge in [0.05, 0.1) is 6.04 Å². The van der Waals surface area contributed by atoms with Crippen molar-refractivity contribution in [1.82, 2.24) is 5.32 Å². The van der Waals surface area contributed by atoms with Crippen LogP contribution < -0.4 is 11.1 Å². The Morgan fingerprint density at radius 3 is 2.60 bits per heavy atom. The maximum atomic E-state index is 11.0. The van der Waals surface area contributed by atoms with Crippen LogP contribution in [0.3, 0.4) is 0 Å².